The van der Waals surface area contributed by atoms with Gasteiger partial charge in [0.05, 0.1) is 18.2 Å². The van der Waals surface area contributed by atoms with E-state index in [9.17, 15) is 14.0 Å². The molecule has 2 aliphatic rings. The standard InChI is InChI=1S/C23H24FN3O2/c1-17(28)27-11-10-18-6-2-3-7-19(18)22(27)16-23(29)26-14-12-25(13-15-26)21-9-5-4-8-20(21)24/h2-11,22H,12-16H2,1H3/t22-/m0/s1. The Bertz CT molecular complexity index is 951. The minimum absolute atomic E-state index is 0.0135. The molecule has 5 nitrogen and oxygen atoms in total. The van der Waals surface area contributed by atoms with E-state index in [1.807, 2.05) is 46.2 Å². The molecule has 1 fully saturated rings. The van der Waals surface area contributed by atoms with Crippen molar-refractivity contribution in [3.63, 3.8) is 0 Å². The van der Waals surface area contributed by atoms with E-state index in [2.05, 4.69) is 0 Å². The molecule has 0 spiro atoms. The second kappa shape index (κ2) is 8.07. The molecule has 0 aromatic heterocycles. The largest absolute Gasteiger partial charge is 0.366 e. The third-order valence-electron chi connectivity index (χ3n) is 5.66. The summed E-state index contributed by atoms with van der Waals surface area (Å²) in [7, 11) is 0. The normalized spacial score (nSPS) is 18.6. The van der Waals surface area contributed by atoms with Crippen molar-refractivity contribution in [1.29, 1.82) is 0 Å². The molecule has 150 valence electrons. The van der Waals surface area contributed by atoms with Gasteiger partial charge >= 0.3 is 0 Å². The molecule has 0 unspecified atom stereocenters. The van der Waals surface area contributed by atoms with Crippen LogP contribution in [0.25, 0.3) is 6.08 Å². The summed E-state index contributed by atoms with van der Waals surface area (Å²) in [6, 6.07) is 14.3. The highest BCUT2D eigenvalue weighted by Gasteiger charge is 2.31. The van der Waals surface area contributed by atoms with Crippen molar-refractivity contribution in [2.75, 3.05) is 31.1 Å². The number of halogens is 1. The third-order valence-corrected chi connectivity index (χ3v) is 5.66. The van der Waals surface area contributed by atoms with E-state index < -0.39 is 0 Å². The number of hydrogen-bond acceptors (Lipinski definition) is 3. The Morgan fingerprint density at radius 3 is 2.41 bits per heavy atom. The Balaban J connectivity index is 1.45. The maximum atomic E-state index is 14.0. The highest BCUT2D eigenvalue weighted by Crippen LogP contribution is 2.33. The number of rotatable bonds is 3. The van der Waals surface area contributed by atoms with Gasteiger partial charge < -0.3 is 14.7 Å². The molecule has 0 saturated carbocycles. The molecule has 4 rings (SSSR count). The summed E-state index contributed by atoms with van der Waals surface area (Å²) in [5.74, 6) is -0.313. The quantitative estimate of drug-likeness (QED) is 0.802. The van der Waals surface area contributed by atoms with Gasteiger partial charge in [-0.25, -0.2) is 4.39 Å². The van der Waals surface area contributed by atoms with Crippen molar-refractivity contribution in [3.05, 3.63) is 71.7 Å². The summed E-state index contributed by atoms with van der Waals surface area (Å²) in [5, 5.41) is 0. The smallest absolute Gasteiger partial charge is 0.225 e. The highest BCUT2D eigenvalue weighted by molar-refractivity contribution is 5.82. The first-order valence-corrected chi connectivity index (χ1v) is 9.88. The number of fused-ring (bicyclic) bond motifs is 1. The number of hydrogen-bond donors (Lipinski definition) is 0. The number of anilines is 1. The fraction of sp³-hybridized carbons (Fsp3) is 0.304. The molecule has 2 aliphatic heterocycles. The summed E-state index contributed by atoms with van der Waals surface area (Å²) < 4.78 is 14.0. The molecule has 2 aromatic rings. The molecule has 29 heavy (non-hydrogen) atoms. The zero-order chi connectivity index (χ0) is 20.4. The molecule has 0 bridgehead atoms. The molecule has 0 radical (unpaired) electrons. The molecule has 2 heterocycles. The SMILES string of the molecule is CC(=O)N1C=Cc2ccccc2[C@@H]1CC(=O)N1CCN(c2ccccc2F)CC1. The molecule has 1 saturated heterocycles. The van der Waals surface area contributed by atoms with Crippen LogP contribution < -0.4 is 4.90 Å². The molecule has 6 heteroatoms. The average molecular weight is 393 g/mol. The number of nitrogens with zero attached hydrogens (tertiary/aromatic N) is 3. The number of benzene rings is 2. The second-order valence-corrected chi connectivity index (χ2v) is 7.41. The Morgan fingerprint density at radius 1 is 1.00 bits per heavy atom. The first kappa shape index (κ1) is 19.2. The predicted octanol–water partition coefficient (Wildman–Crippen LogP) is 3.44. The Hall–Kier alpha value is -3.15. The van der Waals surface area contributed by atoms with Gasteiger partial charge in [-0.2, -0.15) is 0 Å². The predicted molar refractivity (Wildman–Crippen MR) is 111 cm³/mol. The van der Waals surface area contributed by atoms with Gasteiger partial charge in [-0.1, -0.05) is 36.4 Å². The lowest BCUT2D eigenvalue weighted by atomic mass is 9.93. The fourth-order valence-electron chi connectivity index (χ4n) is 4.11. The van der Waals surface area contributed by atoms with Gasteiger partial charge in [0, 0.05) is 39.3 Å². The van der Waals surface area contributed by atoms with Gasteiger partial charge in [-0.3, -0.25) is 9.59 Å². The summed E-state index contributed by atoms with van der Waals surface area (Å²) in [6.45, 7) is 3.77. The monoisotopic (exact) mass is 393 g/mol. The second-order valence-electron chi connectivity index (χ2n) is 7.41. The number of para-hydroxylation sites is 1. The lowest BCUT2D eigenvalue weighted by Crippen LogP contribution is -2.49. The van der Waals surface area contributed by atoms with E-state index in [1.54, 1.807) is 23.2 Å². The van der Waals surface area contributed by atoms with Crippen LogP contribution in [0.2, 0.25) is 0 Å². The van der Waals surface area contributed by atoms with E-state index in [0.717, 1.165) is 11.1 Å². The Kier molecular flexibility index (Phi) is 5.34. The number of carbonyl (C=O) groups excluding carboxylic acids is 2. The maximum absolute atomic E-state index is 14.0. The van der Waals surface area contributed by atoms with E-state index in [0.29, 0.717) is 31.9 Å². The van der Waals surface area contributed by atoms with E-state index in [-0.39, 0.29) is 30.1 Å². The Morgan fingerprint density at radius 2 is 1.69 bits per heavy atom. The van der Waals surface area contributed by atoms with Crippen LogP contribution in [-0.4, -0.2) is 47.8 Å². The van der Waals surface area contributed by atoms with Crippen LogP contribution in [0, 0.1) is 5.82 Å². The lowest BCUT2D eigenvalue weighted by molar-refractivity contribution is -0.134. The van der Waals surface area contributed by atoms with Crippen LogP contribution in [-0.2, 0) is 9.59 Å². The Labute approximate surface area is 170 Å². The van der Waals surface area contributed by atoms with Gasteiger partial charge in [0.25, 0.3) is 0 Å². The fourth-order valence-corrected chi connectivity index (χ4v) is 4.11. The molecule has 0 N–H and O–H groups in total. The molecule has 2 amide bonds. The van der Waals surface area contributed by atoms with Gasteiger partial charge in [0.1, 0.15) is 5.82 Å². The maximum Gasteiger partial charge on any atom is 0.225 e. The zero-order valence-electron chi connectivity index (χ0n) is 16.4. The molecular weight excluding hydrogens is 369 g/mol. The van der Waals surface area contributed by atoms with Crippen LogP contribution in [0.4, 0.5) is 10.1 Å². The van der Waals surface area contributed by atoms with Crippen molar-refractivity contribution in [2.45, 2.75) is 19.4 Å². The topological polar surface area (TPSA) is 43.9 Å². The van der Waals surface area contributed by atoms with Crippen LogP contribution in [0.3, 0.4) is 0 Å². The summed E-state index contributed by atoms with van der Waals surface area (Å²) in [5.41, 5.74) is 2.60. The molecule has 2 aromatic carbocycles. The molecule has 1 atom stereocenters. The minimum Gasteiger partial charge on any atom is -0.366 e. The van der Waals surface area contributed by atoms with E-state index in [4.69, 9.17) is 0 Å². The van der Waals surface area contributed by atoms with E-state index >= 15 is 0 Å². The zero-order valence-corrected chi connectivity index (χ0v) is 16.4. The van der Waals surface area contributed by atoms with Crippen LogP contribution in [0.15, 0.2) is 54.7 Å². The van der Waals surface area contributed by atoms with Gasteiger partial charge in [-0.05, 0) is 29.3 Å². The third kappa shape index (κ3) is 3.88. The highest BCUT2D eigenvalue weighted by atomic mass is 19.1. The average Bonchev–Trinajstić information content (AvgIpc) is 2.74. The van der Waals surface area contributed by atoms with Crippen molar-refractivity contribution >= 4 is 23.6 Å². The van der Waals surface area contributed by atoms with Gasteiger partial charge in [0.2, 0.25) is 11.8 Å². The van der Waals surface area contributed by atoms with E-state index in [1.165, 1.54) is 13.0 Å². The van der Waals surface area contributed by atoms with Crippen molar-refractivity contribution in [3.8, 4) is 0 Å². The molecule has 0 aliphatic carbocycles. The minimum atomic E-state index is -0.300. The van der Waals surface area contributed by atoms with Crippen molar-refractivity contribution < 1.29 is 14.0 Å². The van der Waals surface area contributed by atoms with Crippen molar-refractivity contribution in [2.24, 2.45) is 0 Å². The van der Waals surface area contributed by atoms with Crippen LogP contribution in [0.1, 0.15) is 30.5 Å². The van der Waals surface area contributed by atoms with Gasteiger partial charge in [0.15, 0.2) is 0 Å². The summed E-state index contributed by atoms with van der Waals surface area (Å²) >= 11 is 0. The number of amides is 2. The van der Waals surface area contributed by atoms with Crippen molar-refractivity contribution in [1.82, 2.24) is 9.80 Å². The number of piperazine rings is 1. The van der Waals surface area contributed by atoms with Crippen LogP contribution in [0.5, 0.6) is 0 Å². The summed E-state index contributed by atoms with van der Waals surface area (Å²) in [4.78, 5) is 30.6. The van der Waals surface area contributed by atoms with Crippen LogP contribution >= 0.6 is 0 Å². The summed E-state index contributed by atoms with van der Waals surface area (Å²) in [6.07, 6.45) is 3.91. The first-order valence-electron chi connectivity index (χ1n) is 9.88. The van der Waals surface area contributed by atoms with Gasteiger partial charge in [-0.15, -0.1) is 0 Å². The molecular formula is C23H24FN3O2. The first-order chi connectivity index (χ1) is 14.0. The lowest BCUT2D eigenvalue weighted by Gasteiger charge is -2.38. The number of carbonyl (C=O) groups is 2.